The van der Waals surface area contributed by atoms with Crippen LogP contribution in [0.2, 0.25) is 0 Å². The van der Waals surface area contributed by atoms with E-state index in [0.717, 1.165) is 5.69 Å². The van der Waals surface area contributed by atoms with E-state index in [1.807, 2.05) is 35.3 Å². The minimum atomic E-state index is -0.750. The predicted octanol–water partition coefficient (Wildman–Crippen LogP) is 1.57. The van der Waals surface area contributed by atoms with Gasteiger partial charge < -0.3 is 5.11 Å². The van der Waals surface area contributed by atoms with E-state index in [0.29, 0.717) is 5.57 Å². The predicted molar refractivity (Wildman–Crippen MR) is 77.6 cm³/mol. The van der Waals surface area contributed by atoms with Crippen LogP contribution in [0.5, 0.6) is 5.88 Å². The molecule has 3 N–H and O–H groups in total. The third-order valence-corrected chi connectivity index (χ3v) is 2.50. The molecule has 0 saturated carbocycles. The maximum Gasteiger partial charge on any atom is 0.328 e. The first-order valence-electron chi connectivity index (χ1n) is 5.89. The van der Waals surface area contributed by atoms with Gasteiger partial charge in [0.15, 0.2) is 0 Å². The summed E-state index contributed by atoms with van der Waals surface area (Å²) in [6.45, 7) is 1.73. The molecule has 0 amide bonds. The number of hydrogen-bond donors (Lipinski definition) is 3. The van der Waals surface area contributed by atoms with Crippen LogP contribution in [-0.4, -0.2) is 21.3 Å². The van der Waals surface area contributed by atoms with Gasteiger partial charge in [-0.3, -0.25) is 19.8 Å². The molecule has 6 heteroatoms. The van der Waals surface area contributed by atoms with E-state index in [1.54, 1.807) is 13.1 Å². The van der Waals surface area contributed by atoms with E-state index < -0.39 is 17.1 Å². The number of H-pyrrole nitrogens is 2. The second-order valence-corrected chi connectivity index (χ2v) is 4.15. The number of aromatic hydroxyl groups is 1. The van der Waals surface area contributed by atoms with Crippen LogP contribution in [0, 0.1) is 0 Å². The van der Waals surface area contributed by atoms with Crippen LogP contribution in [-0.2, 0) is 0 Å². The van der Waals surface area contributed by atoms with Crippen LogP contribution in [0.15, 0.2) is 50.5 Å². The number of rotatable bonds is 3. The summed E-state index contributed by atoms with van der Waals surface area (Å²) in [6.07, 6.45) is 3.01. The average Bonchev–Trinajstić information content (AvgIpc) is 2.42. The van der Waals surface area contributed by atoms with E-state index in [1.165, 1.54) is 6.08 Å². The standard InChI is InChI=1S/C14H13N3O3/c1-9(8-15-10-5-3-2-4-6-10)7-11-12(18)16-14(20)17-13(11)19/h2-8H,1H3,(H3,16,17,18,19,20). The van der Waals surface area contributed by atoms with Crippen molar-refractivity contribution < 1.29 is 5.11 Å². The van der Waals surface area contributed by atoms with Gasteiger partial charge in [0.2, 0.25) is 5.88 Å². The summed E-state index contributed by atoms with van der Waals surface area (Å²) in [5, 5.41) is 9.54. The van der Waals surface area contributed by atoms with Gasteiger partial charge in [0.05, 0.1) is 5.69 Å². The van der Waals surface area contributed by atoms with Crippen molar-refractivity contribution in [3.8, 4) is 5.88 Å². The molecule has 1 heterocycles. The van der Waals surface area contributed by atoms with Crippen LogP contribution >= 0.6 is 0 Å². The summed E-state index contributed by atoms with van der Waals surface area (Å²) in [6, 6.07) is 9.30. The Bertz CT molecular complexity index is 770. The number of allylic oxidation sites excluding steroid dienone is 1. The first-order chi connectivity index (χ1) is 9.56. The van der Waals surface area contributed by atoms with Gasteiger partial charge in [-0.15, -0.1) is 0 Å². The number of aromatic amines is 2. The lowest BCUT2D eigenvalue weighted by atomic mass is 10.2. The molecule has 2 aromatic rings. The maximum absolute atomic E-state index is 11.5. The molecular formula is C14H13N3O3. The number of para-hydroxylation sites is 1. The molecule has 102 valence electrons. The van der Waals surface area contributed by atoms with E-state index in [-0.39, 0.29) is 5.56 Å². The van der Waals surface area contributed by atoms with Crippen LogP contribution in [0.3, 0.4) is 0 Å². The normalized spacial score (nSPS) is 11.9. The average molecular weight is 271 g/mol. The number of aromatic nitrogens is 2. The van der Waals surface area contributed by atoms with E-state index in [9.17, 15) is 14.7 Å². The topological polar surface area (TPSA) is 98.3 Å². The Balaban J connectivity index is 2.30. The summed E-state index contributed by atoms with van der Waals surface area (Å²) in [7, 11) is 0. The highest BCUT2D eigenvalue weighted by Crippen LogP contribution is 2.12. The van der Waals surface area contributed by atoms with Crippen molar-refractivity contribution in [2.24, 2.45) is 4.99 Å². The van der Waals surface area contributed by atoms with Gasteiger partial charge in [0, 0.05) is 6.21 Å². The van der Waals surface area contributed by atoms with Crippen molar-refractivity contribution in [1.82, 2.24) is 9.97 Å². The molecule has 0 radical (unpaired) electrons. The van der Waals surface area contributed by atoms with Gasteiger partial charge in [0.25, 0.3) is 5.56 Å². The third kappa shape index (κ3) is 3.32. The molecule has 0 bridgehead atoms. The Morgan fingerprint density at radius 1 is 1.20 bits per heavy atom. The van der Waals surface area contributed by atoms with Crippen molar-refractivity contribution in [1.29, 1.82) is 0 Å². The molecule has 1 aromatic carbocycles. The van der Waals surface area contributed by atoms with Crippen molar-refractivity contribution in [2.75, 3.05) is 0 Å². The molecule has 0 aliphatic rings. The molecular weight excluding hydrogens is 258 g/mol. The Hall–Kier alpha value is -2.89. The van der Waals surface area contributed by atoms with Gasteiger partial charge >= 0.3 is 5.69 Å². The summed E-state index contributed by atoms with van der Waals surface area (Å²) in [5.74, 6) is -0.466. The van der Waals surface area contributed by atoms with Crippen LogP contribution in [0.1, 0.15) is 12.5 Å². The lowest BCUT2D eigenvalue weighted by Crippen LogP contribution is -2.23. The van der Waals surface area contributed by atoms with Crippen molar-refractivity contribution in [3.05, 3.63) is 62.3 Å². The summed E-state index contributed by atoms with van der Waals surface area (Å²) in [5.41, 5.74) is 0.0159. The Morgan fingerprint density at radius 3 is 2.55 bits per heavy atom. The van der Waals surface area contributed by atoms with Crippen molar-refractivity contribution in [2.45, 2.75) is 6.92 Å². The molecule has 0 spiro atoms. The molecule has 6 nitrogen and oxygen atoms in total. The van der Waals surface area contributed by atoms with Gasteiger partial charge in [0.1, 0.15) is 5.56 Å². The third-order valence-electron chi connectivity index (χ3n) is 2.50. The summed E-state index contributed by atoms with van der Waals surface area (Å²) < 4.78 is 0. The molecule has 1 aromatic heterocycles. The molecule has 2 rings (SSSR count). The summed E-state index contributed by atoms with van der Waals surface area (Å²) >= 11 is 0. The number of benzene rings is 1. The fourth-order valence-corrected chi connectivity index (χ4v) is 1.57. The molecule has 0 aliphatic heterocycles. The zero-order chi connectivity index (χ0) is 14.5. The number of aliphatic imine (C=N–C) groups is 1. The maximum atomic E-state index is 11.5. The first kappa shape index (κ1) is 13.5. The SMILES string of the molecule is CC(C=Nc1ccccc1)=Cc1c(O)[nH]c(=O)[nH]c1=O. The first-order valence-corrected chi connectivity index (χ1v) is 5.89. The van der Waals surface area contributed by atoms with Gasteiger partial charge in [-0.1, -0.05) is 18.2 Å². The smallest absolute Gasteiger partial charge is 0.328 e. The van der Waals surface area contributed by atoms with Gasteiger partial charge in [-0.2, -0.15) is 0 Å². The Labute approximate surface area is 114 Å². The van der Waals surface area contributed by atoms with Crippen LogP contribution < -0.4 is 11.2 Å². The quantitative estimate of drug-likeness (QED) is 0.739. The Morgan fingerprint density at radius 2 is 1.90 bits per heavy atom. The number of nitrogens with one attached hydrogen (secondary N) is 2. The largest absolute Gasteiger partial charge is 0.494 e. The minimum absolute atomic E-state index is 0.0124. The highest BCUT2D eigenvalue weighted by atomic mass is 16.3. The number of hydrogen-bond acceptors (Lipinski definition) is 4. The van der Waals surface area contributed by atoms with E-state index >= 15 is 0 Å². The molecule has 20 heavy (non-hydrogen) atoms. The fourth-order valence-electron chi connectivity index (χ4n) is 1.57. The lowest BCUT2D eigenvalue weighted by molar-refractivity contribution is 0.447. The number of nitrogens with zero attached hydrogens (tertiary/aromatic N) is 1. The molecule has 0 saturated heterocycles. The van der Waals surface area contributed by atoms with E-state index in [2.05, 4.69) is 9.98 Å². The molecule has 0 unspecified atom stereocenters. The Kier molecular flexibility index (Phi) is 3.95. The van der Waals surface area contributed by atoms with Crippen molar-refractivity contribution >= 4 is 18.0 Å². The van der Waals surface area contributed by atoms with Crippen LogP contribution in [0.4, 0.5) is 5.69 Å². The zero-order valence-corrected chi connectivity index (χ0v) is 10.8. The minimum Gasteiger partial charge on any atom is -0.494 e. The summed E-state index contributed by atoms with van der Waals surface area (Å²) in [4.78, 5) is 30.9. The van der Waals surface area contributed by atoms with E-state index in [4.69, 9.17) is 0 Å². The molecule has 0 atom stereocenters. The van der Waals surface area contributed by atoms with Gasteiger partial charge in [-0.25, -0.2) is 4.79 Å². The van der Waals surface area contributed by atoms with Crippen molar-refractivity contribution in [3.63, 3.8) is 0 Å². The zero-order valence-electron chi connectivity index (χ0n) is 10.8. The monoisotopic (exact) mass is 271 g/mol. The second kappa shape index (κ2) is 5.83. The molecule has 0 aliphatic carbocycles. The second-order valence-electron chi connectivity index (χ2n) is 4.15. The highest BCUT2D eigenvalue weighted by Gasteiger charge is 2.05. The fraction of sp³-hybridized carbons (Fsp3) is 0.0714. The lowest BCUT2D eigenvalue weighted by Gasteiger charge is -1.98. The molecule has 0 fully saturated rings. The highest BCUT2D eigenvalue weighted by molar-refractivity contribution is 5.86. The van der Waals surface area contributed by atoms with Crippen LogP contribution in [0.25, 0.3) is 6.08 Å². The van der Waals surface area contributed by atoms with Gasteiger partial charge in [-0.05, 0) is 30.7 Å².